The molecule has 0 aliphatic heterocycles. The van der Waals surface area contributed by atoms with Gasteiger partial charge in [-0.3, -0.25) is 14.9 Å². The summed E-state index contributed by atoms with van der Waals surface area (Å²) in [4.78, 5) is 28.6. The molecule has 168 valence electrons. The highest BCUT2D eigenvalue weighted by Gasteiger charge is 2.19. The maximum absolute atomic E-state index is 12.8. The molecule has 0 unspecified atom stereocenters. The monoisotopic (exact) mass is 456 g/mol. The van der Waals surface area contributed by atoms with Gasteiger partial charge in [-0.25, -0.2) is 4.98 Å². The van der Waals surface area contributed by atoms with Crippen LogP contribution in [0.2, 0.25) is 0 Å². The number of hydrogen-bond donors (Lipinski definition) is 1. The third kappa shape index (κ3) is 5.98. The lowest BCUT2D eigenvalue weighted by Crippen LogP contribution is -2.13. The molecule has 32 heavy (non-hydrogen) atoms. The number of nitrogens with zero attached hydrogens (tertiary/aromatic N) is 1. The number of anilines is 1. The number of nitrogens with one attached hydrogen (secondary N) is 1. The third-order valence-corrected chi connectivity index (χ3v) is 5.16. The normalized spacial score (nSPS) is 10.3. The quantitative estimate of drug-likeness (QED) is 0.459. The number of esters is 1. The Kier molecular flexibility index (Phi) is 8.04. The van der Waals surface area contributed by atoms with Gasteiger partial charge in [0.1, 0.15) is 6.61 Å². The van der Waals surface area contributed by atoms with Crippen molar-refractivity contribution in [1.29, 1.82) is 0 Å². The van der Waals surface area contributed by atoms with Gasteiger partial charge < -0.3 is 18.9 Å². The van der Waals surface area contributed by atoms with Crippen LogP contribution in [0.25, 0.3) is 0 Å². The molecule has 3 rings (SSSR count). The van der Waals surface area contributed by atoms with Crippen molar-refractivity contribution in [2.75, 3.05) is 26.1 Å². The van der Waals surface area contributed by atoms with Crippen LogP contribution >= 0.6 is 11.3 Å². The predicted molar refractivity (Wildman–Crippen MR) is 121 cm³/mol. The predicted octanol–water partition coefficient (Wildman–Crippen LogP) is 4.10. The highest BCUT2D eigenvalue weighted by Crippen LogP contribution is 2.39. The molecule has 0 aliphatic carbocycles. The number of ether oxygens (including phenoxy) is 4. The number of aromatic nitrogens is 1. The van der Waals surface area contributed by atoms with Crippen molar-refractivity contribution in [2.24, 2.45) is 0 Å². The van der Waals surface area contributed by atoms with Crippen molar-refractivity contribution in [2.45, 2.75) is 20.0 Å². The van der Waals surface area contributed by atoms with E-state index in [2.05, 4.69) is 10.3 Å². The van der Waals surface area contributed by atoms with Gasteiger partial charge in [-0.05, 0) is 24.6 Å². The molecule has 0 fully saturated rings. The first-order chi connectivity index (χ1) is 15.5. The highest BCUT2D eigenvalue weighted by atomic mass is 32.1. The van der Waals surface area contributed by atoms with Gasteiger partial charge in [-0.2, -0.15) is 0 Å². The molecule has 1 amide bonds. The van der Waals surface area contributed by atoms with Gasteiger partial charge in [-0.15, -0.1) is 11.3 Å². The number of amides is 1. The molecule has 1 aromatic heterocycles. The van der Waals surface area contributed by atoms with Crippen LogP contribution in [0.15, 0.2) is 47.8 Å². The van der Waals surface area contributed by atoms with Crippen molar-refractivity contribution in [3.63, 3.8) is 0 Å². The Morgan fingerprint density at radius 2 is 1.75 bits per heavy atom. The first-order valence-corrected chi connectivity index (χ1v) is 10.8. The van der Waals surface area contributed by atoms with Gasteiger partial charge in [-0.1, -0.05) is 30.3 Å². The fraction of sp³-hybridized carbons (Fsp3) is 0.261. The first kappa shape index (κ1) is 23.1. The lowest BCUT2D eigenvalue weighted by molar-refractivity contribution is -0.142. The molecule has 2 aromatic carbocycles. The molecule has 0 spiro atoms. The van der Waals surface area contributed by atoms with Crippen LogP contribution in [0, 0.1) is 0 Å². The Morgan fingerprint density at radius 1 is 1.06 bits per heavy atom. The maximum Gasteiger partial charge on any atom is 0.311 e. The van der Waals surface area contributed by atoms with Crippen LogP contribution in [0.3, 0.4) is 0 Å². The van der Waals surface area contributed by atoms with E-state index in [9.17, 15) is 9.59 Å². The van der Waals surface area contributed by atoms with Crippen LogP contribution in [-0.4, -0.2) is 37.7 Å². The Balaban J connectivity index is 1.74. The summed E-state index contributed by atoms with van der Waals surface area (Å²) in [5.74, 6) is 0.381. The second-order valence-electron chi connectivity index (χ2n) is 6.56. The largest absolute Gasteiger partial charge is 0.493 e. The van der Waals surface area contributed by atoms with Gasteiger partial charge in [0.2, 0.25) is 5.75 Å². The summed E-state index contributed by atoms with van der Waals surface area (Å²) in [6, 6.07) is 12.8. The molecule has 8 nitrogen and oxygen atoms in total. The van der Waals surface area contributed by atoms with E-state index in [4.69, 9.17) is 18.9 Å². The molecule has 0 radical (unpaired) electrons. The number of benzene rings is 2. The molecule has 1 heterocycles. The SMILES string of the molecule is CCOC(=O)Cc1csc(NC(=O)c2cc(OC)c(OCc3ccccc3)c(OC)c2)n1. The van der Waals surface area contributed by atoms with Crippen molar-refractivity contribution < 1.29 is 28.5 Å². The fourth-order valence-corrected chi connectivity index (χ4v) is 3.56. The van der Waals surface area contributed by atoms with Crippen molar-refractivity contribution >= 4 is 28.3 Å². The summed E-state index contributed by atoms with van der Waals surface area (Å²) in [6.07, 6.45) is 0.0509. The molecule has 0 bridgehead atoms. The topological polar surface area (TPSA) is 96.0 Å². The van der Waals surface area contributed by atoms with Gasteiger partial charge in [0.05, 0.1) is 32.9 Å². The second kappa shape index (κ2) is 11.1. The first-order valence-electron chi connectivity index (χ1n) is 9.88. The van der Waals surface area contributed by atoms with Crippen molar-refractivity contribution in [3.05, 3.63) is 64.7 Å². The zero-order valence-corrected chi connectivity index (χ0v) is 18.9. The van der Waals surface area contributed by atoms with Gasteiger partial charge in [0.25, 0.3) is 5.91 Å². The Morgan fingerprint density at radius 3 is 2.38 bits per heavy atom. The summed E-state index contributed by atoms with van der Waals surface area (Å²) in [7, 11) is 2.99. The zero-order chi connectivity index (χ0) is 22.9. The van der Waals surface area contributed by atoms with E-state index < -0.39 is 5.91 Å². The molecule has 9 heteroatoms. The van der Waals surface area contributed by atoms with E-state index in [1.54, 1.807) is 24.4 Å². The number of carbonyl (C=O) groups is 2. The second-order valence-corrected chi connectivity index (χ2v) is 7.42. The van der Waals surface area contributed by atoms with Crippen LogP contribution < -0.4 is 19.5 Å². The summed E-state index contributed by atoms with van der Waals surface area (Å²) >= 11 is 1.22. The molecule has 3 aromatic rings. The molecule has 1 N–H and O–H groups in total. The van der Waals surface area contributed by atoms with Gasteiger partial charge in [0.15, 0.2) is 16.6 Å². The number of hydrogen-bond acceptors (Lipinski definition) is 8. The smallest absolute Gasteiger partial charge is 0.311 e. The van der Waals surface area contributed by atoms with E-state index in [1.165, 1.54) is 25.6 Å². The van der Waals surface area contributed by atoms with Gasteiger partial charge in [0, 0.05) is 10.9 Å². The highest BCUT2D eigenvalue weighted by molar-refractivity contribution is 7.14. The minimum Gasteiger partial charge on any atom is -0.493 e. The average molecular weight is 457 g/mol. The maximum atomic E-state index is 12.8. The summed E-state index contributed by atoms with van der Waals surface area (Å²) in [6.45, 7) is 2.37. The minimum atomic E-state index is -0.395. The van der Waals surface area contributed by atoms with Gasteiger partial charge >= 0.3 is 5.97 Å². The number of methoxy groups -OCH3 is 2. The van der Waals surface area contributed by atoms with E-state index in [1.807, 2.05) is 30.3 Å². The van der Waals surface area contributed by atoms with E-state index >= 15 is 0 Å². The van der Waals surface area contributed by atoms with Crippen LogP contribution in [0.4, 0.5) is 5.13 Å². The lowest BCUT2D eigenvalue weighted by atomic mass is 10.1. The molecule has 0 aliphatic rings. The number of thiazole rings is 1. The average Bonchev–Trinajstić information content (AvgIpc) is 3.24. The summed E-state index contributed by atoms with van der Waals surface area (Å²) in [5.41, 5.74) is 1.83. The Bertz CT molecular complexity index is 1040. The van der Waals surface area contributed by atoms with E-state index in [0.717, 1.165) is 5.56 Å². The molecular weight excluding hydrogens is 432 g/mol. The lowest BCUT2D eigenvalue weighted by Gasteiger charge is -2.16. The molecule has 0 saturated heterocycles. The van der Waals surface area contributed by atoms with Crippen LogP contribution in [0.5, 0.6) is 17.2 Å². The Labute approximate surface area is 190 Å². The summed E-state index contributed by atoms with van der Waals surface area (Å²) in [5, 5.41) is 4.80. The van der Waals surface area contributed by atoms with E-state index in [0.29, 0.717) is 46.9 Å². The molecule has 0 saturated carbocycles. The number of carbonyl (C=O) groups excluding carboxylic acids is 2. The summed E-state index contributed by atoms with van der Waals surface area (Å²) < 4.78 is 21.7. The fourth-order valence-electron chi connectivity index (χ4n) is 2.86. The minimum absolute atomic E-state index is 0.0509. The Hall–Kier alpha value is -3.59. The van der Waals surface area contributed by atoms with Crippen molar-refractivity contribution in [3.8, 4) is 17.2 Å². The zero-order valence-electron chi connectivity index (χ0n) is 18.0. The van der Waals surface area contributed by atoms with Crippen molar-refractivity contribution in [1.82, 2.24) is 4.98 Å². The standard InChI is InChI=1S/C23H24N2O6S/c1-4-30-20(26)12-17-14-32-23(24-17)25-22(27)16-10-18(28-2)21(19(11-16)29-3)31-13-15-8-6-5-7-9-15/h5-11,14H,4,12-13H2,1-3H3,(H,24,25,27). The number of rotatable bonds is 10. The molecule has 0 atom stereocenters. The van der Waals surface area contributed by atoms with E-state index in [-0.39, 0.29) is 12.4 Å². The molecular formula is C23H24N2O6S. The third-order valence-electron chi connectivity index (χ3n) is 4.35. The van der Waals surface area contributed by atoms with Crippen LogP contribution in [0.1, 0.15) is 28.5 Å². The van der Waals surface area contributed by atoms with Crippen LogP contribution in [-0.2, 0) is 22.6 Å².